The average Bonchev–Trinajstić information content (AvgIpc) is 3.26. The molecule has 32 heavy (non-hydrogen) atoms. The number of rotatable bonds is 9. The molecule has 0 saturated carbocycles. The molecule has 4 rings (SSSR count). The van der Waals surface area contributed by atoms with Crippen LogP contribution in [0.25, 0.3) is 17.1 Å². The first-order chi connectivity index (χ1) is 15.7. The van der Waals surface area contributed by atoms with Gasteiger partial charge in [0.25, 0.3) is 0 Å². The first-order valence-electron chi connectivity index (χ1n) is 10.6. The van der Waals surface area contributed by atoms with Crippen LogP contribution in [0, 0.1) is 6.92 Å². The van der Waals surface area contributed by atoms with Crippen LogP contribution in [-0.2, 0) is 11.2 Å². The molecule has 2 aromatic heterocycles. The Morgan fingerprint density at radius 3 is 2.59 bits per heavy atom. The van der Waals surface area contributed by atoms with Crippen molar-refractivity contribution in [3.63, 3.8) is 0 Å². The Balaban J connectivity index is 1.43. The number of hydrogen-bond acceptors (Lipinski definition) is 5. The van der Waals surface area contributed by atoms with E-state index in [0.29, 0.717) is 17.5 Å². The van der Waals surface area contributed by atoms with E-state index in [1.165, 1.54) is 17.3 Å². The topological polar surface area (TPSA) is 72.7 Å². The molecule has 7 heteroatoms. The van der Waals surface area contributed by atoms with Gasteiger partial charge in [-0.1, -0.05) is 60.3 Å². The molecule has 0 aliphatic rings. The fourth-order valence-corrected chi connectivity index (χ4v) is 4.20. The molecule has 6 nitrogen and oxygen atoms in total. The summed E-state index contributed by atoms with van der Waals surface area (Å²) in [5.74, 6) is 0.978. The van der Waals surface area contributed by atoms with Crippen LogP contribution in [0.15, 0.2) is 84.3 Å². The van der Waals surface area contributed by atoms with E-state index in [1.807, 2.05) is 53.1 Å². The Morgan fingerprint density at radius 2 is 1.81 bits per heavy atom. The molecule has 0 fully saturated rings. The van der Waals surface area contributed by atoms with E-state index in [4.69, 9.17) is 0 Å². The third-order valence-corrected chi connectivity index (χ3v) is 5.98. The molecule has 1 N–H and O–H groups in total. The summed E-state index contributed by atoms with van der Waals surface area (Å²) < 4.78 is 2.00. The van der Waals surface area contributed by atoms with Gasteiger partial charge in [-0.25, -0.2) is 0 Å². The second-order valence-corrected chi connectivity index (χ2v) is 8.34. The molecule has 2 heterocycles. The summed E-state index contributed by atoms with van der Waals surface area (Å²) in [5, 5.41) is 12.5. The van der Waals surface area contributed by atoms with E-state index >= 15 is 0 Å². The van der Waals surface area contributed by atoms with Crippen molar-refractivity contribution in [1.29, 1.82) is 0 Å². The fraction of sp³-hybridized carbons (Fsp3) is 0.200. The number of thioether (sulfide) groups is 1. The second-order valence-electron chi connectivity index (χ2n) is 7.40. The van der Waals surface area contributed by atoms with Crippen LogP contribution < -0.4 is 5.32 Å². The summed E-state index contributed by atoms with van der Waals surface area (Å²) in [7, 11) is 0. The van der Waals surface area contributed by atoms with Gasteiger partial charge in [-0.2, -0.15) is 0 Å². The fourth-order valence-electron chi connectivity index (χ4n) is 3.42. The molecule has 0 aliphatic carbocycles. The summed E-state index contributed by atoms with van der Waals surface area (Å²) in [4.78, 5) is 16.6. The zero-order valence-corrected chi connectivity index (χ0v) is 18.8. The van der Waals surface area contributed by atoms with E-state index < -0.39 is 0 Å². The normalized spacial score (nSPS) is 10.8. The van der Waals surface area contributed by atoms with Crippen LogP contribution >= 0.6 is 11.8 Å². The molecule has 2 aromatic carbocycles. The average molecular weight is 444 g/mol. The molecule has 0 atom stereocenters. The Labute approximate surface area is 192 Å². The van der Waals surface area contributed by atoms with E-state index in [1.54, 1.807) is 12.4 Å². The maximum absolute atomic E-state index is 12.4. The predicted molar refractivity (Wildman–Crippen MR) is 128 cm³/mol. The number of aromatic nitrogens is 4. The molecule has 1 amide bonds. The van der Waals surface area contributed by atoms with Gasteiger partial charge in [-0.3, -0.25) is 14.3 Å². The molecule has 4 aromatic rings. The van der Waals surface area contributed by atoms with Gasteiger partial charge < -0.3 is 5.32 Å². The number of carbonyl (C=O) groups excluding carboxylic acids is 1. The van der Waals surface area contributed by atoms with Gasteiger partial charge in [0.1, 0.15) is 0 Å². The Morgan fingerprint density at radius 1 is 1.00 bits per heavy atom. The lowest BCUT2D eigenvalue weighted by Gasteiger charge is -2.12. The molecule has 0 bridgehead atoms. The van der Waals surface area contributed by atoms with Crippen LogP contribution in [0.3, 0.4) is 0 Å². The van der Waals surface area contributed by atoms with E-state index in [0.717, 1.165) is 29.7 Å². The second kappa shape index (κ2) is 10.7. The van der Waals surface area contributed by atoms with E-state index in [-0.39, 0.29) is 11.7 Å². The number of hydrogen-bond donors (Lipinski definition) is 1. The maximum Gasteiger partial charge on any atom is 0.230 e. The summed E-state index contributed by atoms with van der Waals surface area (Å²) in [5.41, 5.74) is 4.25. The lowest BCUT2D eigenvalue weighted by molar-refractivity contribution is -0.118. The number of para-hydroxylation sites is 1. The van der Waals surface area contributed by atoms with Crippen molar-refractivity contribution < 1.29 is 4.79 Å². The van der Waals surface area contributed by atoms with Crippen LogP contribution in [-0.4, -0.2) is 38.0 Å². The van der Waals surface area contributed by atoms with Crippen molar-refractivity contribution in [2.24, 2.45) is 0 Å². The van der Waals surface area contributed by atoms with Gasteiger partial charge in [-0.15, -0.1) is 10.2 Å². The van der Waals surface area contributed by atoms with Crippen LogP contribution in [0.2, 0.25) is 0 Å². The van der Waals surface area contributed by atoms with E-state index in [2.05, 4.69) is 45.6 Å². The number of nitrogens with one attached hydrogen (secondary N) is 1. The van der Waals surface area contributed by atoms with Crippen LogP contribution in [0.5, 0.6) is 0 Å². The molecule has 0 aliphatic heterocycles. The zero-order valence-electron chi connectivity index (χ0n) is 17.9. The quantitative estimate of drug-likeness (QED) is 0.305. The highest BCUT2D eigenvalue weighted by Gasteiger charge is 2.18. The smallest absolute Gasteiger partial charge is 0.230 e. The standard InChI is InChI=1S/C25H25N5OS/c1-19-9-5-6-14-22(19)30-24(21-13-8-15-26-17-21)28-29-25(30)32-18-23(31)27-16-7-12-20-10-3-2-4-11-20/h2-6,8-11,13-15,17H,7,12,16,18H2,1H3,(H,27,31). The number of carbonyl (C=O) groups is 1. The van der Waals surface area contributed by atoms with Crippen molar-refractivity contribution >= 4 is 17.7 Å². The minimum absolute atomic E-state index is 0.00896. The lowest BCUT2D eigenvalue weighted by atomic mass is 10.1. The summed E-state index contributed by atoms with van der Waals surface area (Å²) >= 11 is 1.39. The highest BCUT2D eigenvalue weighted by atomic mass is 32.2. The zero-order chi connectivity index (χ0) is 22.2. The lowest BCUT2D eigenvalue weighted by Crippen LogP contribution is -2.26. The number of aryl methyl sites for hydroxylation is 2. The minimum Gasteiger partial charge on any atom is -0.355 e. The highest BCUT2D eigenvalue weighted by molar-refractivity contribution is 7.99. The van der Waals surface area contributed by atoms with Crippen molar-refractivity contribution in [2.75, 3.05) is 12.3 Å². The highest BCUT2D eigenvalue weighted by Crippen LogP contribution is 2.29. The SMILES string of the molecule is Cc1ccccc1-n1c(SCC(=O)NCCCc2ccccc2)nnc1-c1cccnc1. The largest absolute Gasteiger partial charge is 0.355 e. The Kier molecular flexibility index (Phi) is 7.30. The molecule has 0 saturated heterocycles. The van der Waals surface area contributed by atoms with Crippen LogP contribution in [0.1, 0.15) is 17.5 Å². The van der Waals surface area contributed by atoms with Gasteiger partial charge in [-0.05, 0) is 49.1 Å². The molecule has 162 valence electrons. The first kappa shape index (κ1) is 21.8. The van der Waals surface area contributed by atoms with Gasteiger partial charge in [0, 0.05) is 24.5 Å². The molecular weight excluding hydrogens is 418 g/mol. The minimum atomic E-state index is -0.00896. The third-order valence-electron chi connectivity index (χ3n) is 5.05. The Bertz CT molecular complexity index is 1160. The molecule has 0 radical (unpaired) electrons. The number of benzene rings is 2. The number of amides is 1. The third kappa shape index (κ3) is 5.42. The summed E-state index contributed by atoms with van der Waals surface area (Å²) in [6.45, 7) is 2.70. The van der Waals surface area contributed by atoms with Gasteiger partial charge in [0.05, 0.1) is 11.4 Å². The van der Waals surface area contributed by atoms with Crippen LogP contribution in [0.4, 0.5) is 0 Å². The Hall–Kier alpha value is -3.45. The monoisotopic (exact) mass is 443 g/mol. The number of pyridine rings is 1. The molecule has 0 unspecified atom stereocenters. The molecule has 0 spiro atoms. The summed E-state index contributed by atoms with van der Waals surface area (Å²) in [6, 6.07) is 22.2. The number of nitrogens with zero attached hydrogens (tertiary/aromatic N) is 4. The van der Waals surface area contributed by atoms with Gasteiger partial charge in [0.2, 0.25) is 5.91 Å². The van der Waals surface area contributed by atoms with Gasteiger partial charge >= 0.3 is 0 Å². The van der Waals surface area contributed by atoms with Crippen molar-refractivity contribution in [1.82, 2.24) is 25.1 Å². The van der Waals surface area contributed by atoms with Crippen molar-refractivity contribution in [2.45, 2.75) is 24.9 Å². The maximum atomic E-state index is 12.4. The predicted octanol–water partition coefficient (Wildman–Crippen LogP) is 4.48. The molecular formula is C25H25N5OS. The summed E-state index contributed by atoms with van der Waals surface area (Å²) in [6.07, 6.45) is 5.36. The van der Waals surface area contributed by atoms with E-state index in [9.17, 15) is 4.79 Å². The van der Waals surface area contributed by atoms with Gasteiger partial charge in [0.15, 0.2) is 11.0 Å². The van der Waals surface area contributed by atoms with Crippen molar-refractivity contribution in [3.8, 4) is 17.1 Å². The first-order valence-corrected chi connectivity index (χ1v) is 11.6. The van der Waals surface area contributed by atoms with Crippen molar-refractivity contribution in [3.05, 3.63) is 90.3 Å².